The van der Waals surface area contributed by atoms with E-state index in [-0.39, 0.29) is 16.8 Å². The van der Waals surface area contributed by atoms with E-state index in [4.69, 9.17) is 11.6 Å². The Morgan fingerprint density at radius 2 is 2.24 bits per heavy atom. The van der Waals surface area contributed by atoms with E-state index in [2.05, 4.69) is 9.97 Å². The Kier molecular flexibility index (Phi) is 5.08. The summed E-state index contributed by atoms with van der Waals surface area (Å²) >= 11 is 7.38. The molecule has 2 heterocycles. The quantitative estimate of drug-likeness (QED) is 0.599. The maximum Gasteiger partial charge on any atom is 0.313 e. The van der Waals surface area contributed by atoms with Gasteiger partial charge in [-0.15, -0.1) is 11.3 Å². The van der Waals surface area contributed by atoms with Gasteiger partial charge in [0.1, 0.15) is 0 Å². The van der Waals surface area contributed by atoms with Crippen molar-refractivity contribution in [1.29, 1.82) is 0 Å². The van der Waals surface area contributed by atoms with Crippen molar-refractivity contribution < 1.29 is 4.92 Å². The Bertz CT molecular complexity index is 619. The van der Waals surface area contributed by atoms with E-state index in [9.17, 15) is 10.1 Å². The number of thiazole rings is 1. The molecule has 0 bridgehead atoms. The summed E-state index contributed by atoms with van der Waals surface area (Å²) in [5, 5.41) is 14.4. The fourth-order valence-electron chi connectivity index (χ4n) is 1.98. The van der Waals surface area contributed by atoms with Crippen molar-refractivity contribution in [1.82, 2.24) is 9.97 Å². The summed E-state index contributed by atoms with van der Waals surface area (Å²) in [5.74, 6) is 0.343. The van der Waals surface area contributed by atoms with Gasteiger partial charge in [0.05, 0.1) is 15.0 Å². The molecule has 2 aromatic rings. The summed E-state index contributed by atoms with van der Waals surface area (Å²) in [5.41, 5.74) is -0.0738. The lowest BCUT2D eigenvalue weighted by molar-refractivity contribution is -0.384. The predicted molar refractivity (Wildman–Crippen MR) is 84.2 cm³/mol. The number of hydrogen-bond acceptors (Lipinski definition) is 6. The maximum atomic E-state index is 11.2. The van der Waals surface area contributed by atoms with Gasteiger partial charge in [-0.1, -0.05) is 11.6 Å². The lowest BCUT2D eigenvalue weighted by Crippen LogP contribution is -2.34. The van der Waals surface area contributed by atoms with Crippen LogP contribution in [0.1, 0.15) is 18.9 Å². The number of rotatable bonds is 6. The molecule has 0 fully saturated rings. The Hall–Kier alpha value is -1.73. The summed E-state index contributed by atoms with van der Waals surface area (Å²) < 4.78 is 0. The zero-order chi connectivity index (χ0) is 15.4. The van der Waals surface area contributed by atoms with Crippen molar-refractivity contribution in [2.24, 2.45) is 0 Å². The highest BCUT2D eigenvalue weighted by Crippen LogP contribution is 2.29. The zero-order valence-electron chi connectivity index (χ0n) is 11.7. The highest BCUT2D eigenvalue weighted by Gasteiger charge is 2.23. The molecule has 0 unspecified atom stereocenters. The smallest absolute Gasteiger partial charge is 0.313 e. The molecule has 0 saturated carbocycles. The van der Waals surface area contributed by atoms with E-state index >= 15 is 0 Å². The normalized spacial score (nSPS) is 10.9. The predicted octanol–water partition coefficient (Wildman–Crippen LogP) is 3.56. The molecule has 0 aliphatic heterocycles. The summed E-state index contributed by atoms with van der Waals surface area (Å²) in [4.78, 5) is 21.0. The van der Waals surface area contributed by atoms with E-state index < -0.39 is 4.92 Å². The van der Waals surface area contributed by atoms with Crippen LogP contribution in [-0.4, -0.2) is 27.5 Å². The fourth-order valence-corrected chi connectivity index (χ4v) is 2.74. The topological polar surface area (TPSA) is 72.2 Å². The van der Waals surface area contributed by atoms with Gasteiger partial charge >= 0.3 is 5.69 Å². The fraction of sp³-hybridized carbons (Fsp3) is 0.385. The minimum atomic E-state index is -0.451. The van der Waals surface area contributed by atoms with Crippen LogP contribution in [0.2, 0.25) is 5.02 Å². The van der Waals surface area contributed by atoms with Gasteiger partial charge in [0.2, 0.25) is 5.82 Å². The molecule has 21 heavy (non-hydrogen) atoms. The van der Waals surface area contributed by atoms with Crippen LogP contribution in [0.15, 0.2) is 23.8 Å². The third-order valence-corrected chi connectivity index (χ3v) is 4.00. The van der Waals surface area contributed by atoms with Crippen molar-refractivity contribution in [3.05, 3.63) is 44.0 Å². The first-order valence-electron chi connectivity index (χ1n) is 6.44. The molecule has 2 aromatic heterocycles. The van der Waals surface area contributed by atoms with E-state index in [1.165, 1.54) is 12.3 Å². The van der Waals surface area contributed by atoms with Crippen molar-refractivity contribution in [2.75, 3.05) is 11.4 Å². The number of halogens is 1. The number of pyridine rings is 1. The monoisotopic (exact) mass is 326 g/mol. The standard InChI is InChI=1S/C13H15ClN4O2S/c1-9(2)17(5-3-12-15-4-6-21-12)13-11(18(19)20)7-10(14)8-16-13/h4,6-9H,3,5H2,1-2H3. The van der Waals surface area contributed by atoms with Crippen molar-refractivity contribution in [3.63, 3.8) is 0 Å². The van der Waals surface area contributed by atoms with Crippen LogP contribution < -0.4 is 4.90 Å². The first kappa shape index (κ1) is 15.7. The molecule has 0 radical (unpaired) electrons. The Labute approximate surface area is 131 Å². The molecule has 0 N–H and O–H groups in total. The van der Waals surface area contributed by atoms with Gasteiger partial charge in [0, 0.05) is 42.8 Å². The Morgan fingerprint density at radius 1 is 1.48 bits per heavy atom. The van der Waals surface area contributed by atoms with E-state index in [1.54, 1.807) is 17.5 Å². The molecule has 0 aliphatic carbocycles. The van der Waals surface area contributed by atoms with Gasteiger partial charge in [-0.25, -0.2) is 9.97 Å². The zero-order valence-corrected chi connectivity index (χ0v) is 13.3. The number of anilines is 1. The second-order valence-corrected chi connectivity index (χ2v) is 6.13. The van der Waals surface area contributed by atoms with Crippen molar-refractivity contribution in [2.45, 2.75) is 26.3 Å². The lowest BCUT2D eigenvalue weighted by atomic mass is 10.2. The molecule has 0 saturated heterocycles. The highest BCUT2D eigenvalue weighted by atomic mass is 35.5. The van der Waals surface area contributed by atoms with Gasteiger partial charge in [0.15, 0.2) is 0 Å². The molecule has 112 valence electrons. The molecule has 2 rings (SSSR count). The van der Waals surface area contributed by atoms with E-state index in [0.717, 1.165) is 11.4 Å². The first-order valence-corrected chi connectivity index (χ1v) is 7.69. The summed E-state index contributed by atoms with van der Waals surface area (Å²) in [6, 6.07) is 1.42. The summed E-state index contributed by atoms with van der Waals surface area (Å²) in [6.45, 7) is 4.56. The van der Waals surface area contributed by atoms with Crippen LogP contribution in [0.4, 0.5) is 11.5 Å². The van der Waals surface area contributed by atoms with Crippen LogP contribution in [0.25, 0.3) is 0 Å². The molecular weight excluding hydrogens is 312 g/mol. The average molecular weight is 327 g/mol. The second-order valence-electron chi connectivity index (χ2n) is 4.72. The number of aromatic nitrogens is 2. The third kappa shape index (κ3) is 3.89. The Morgan fingerprint density at radius 3 is 2.81 bits per heavy atom. The minimum absolute atomic E-state index is 0.0738. The molecule has 6 nitrogen and oxygen atoms in total. The number of nitro groups is 1. The molecule has 0 atom stereocenters. The van der Waals surface area contributed by atoms with Gasteiger partial charge in [-0.2, -0.15) is 0 Å². The highest BCUT2D eigenvalue weighted by molar-refractivity contribution is 7.09. The average Bonchev–Trinajstić information content (AvgIpc) is 2.93. The lowest BCUT2D eigenvalue weighted by Gasteiger charge is -2.27. The molecule has 0 aliphatic rings. The maximum absolute atomic E-state index is 11.2. The minimum Gasteiger partial charge on any atom is -0.348 e. The molecule has 0 spiro atoms. The molecule has 0 amide bonds. The number of hydrogen-bond donors (Lipinski definition) is 0. The van der Waals surface area contributed by atoms with Gasteiger partial charge in [0.25, 0.3) is 0 Å². The van der Waals surface area contributed by atoms with E-state index in [1.807, 2.05) is 24.1 Å². The molecular formula is C13H15ClN4O2S. The van der Waals surface area contributed by atoms with Gasteiger partial charge in [-0.3, -0.25) is 10.1 Å². The SMILES string of the molecule is CC(C)N(CCc1nccs1)c1ncc(Cl)cc1[N+](=O)[O-]. The van der Waals surface area contributed by atoms with Crippen LogP contribution >= 0.6 is 22.9 Å². The molecule has 0 aromatic carbocycles. The number of nitrogens with zero attached hydrogens (tertiary/aromatic N) is 4. The Balaban J connectivity index is 2.27. The van der Waals surface area contributed by atoms with Gasteiger partial charge in [-0.05, 0) is 13.8 Å². The van der Waals surface area contributed by atoms with Crippen LogP contribution in [0.3, 0.4) is 0 Å². The van der Waals surface area contributed by atoms with Crippen LogP contribution in [0, 0.1) is 10.1 Å². The van der Waals surface area contributed by atoms with E-state index in [0.29, 0.717) is 12.4 Å². The van der Waals surface area contributed by atoms with Gasteiger partial charge < -0.3 is 4.90 Å². The third-order valence-electron chi connectivity index (χ3n) is 2.96. The van der Waals surface area contributed by atoms with Crippen LogP contribution in [-0.2, 0) is 6.42 Å². The van der Waals surface area contributed by atoms with Crippen molar-refractivity contribution >= 4 is 34.4 Å². The molecule has 8 heteroatoms. The first-order chi connectivity index (χ1) is 9.99. The summed E-state index contributed by atoms with van der Waals surface area (Å²) in [7, 11) is 0. The van der Waals surface area contributed by atoms with Crippen molar-refractivity contribution in [3.8, 4) is 0 Å². The second kappa shape index (κ2) is 6.82. The van der Waals surface area contributed by atoms with Crippen LogP contribution in [0.5, 0.6) is 0 Å². The largest absolute Gasteiger partial charge is 0.348 e. The summed E-state index contributed by atoms with van der Waals surface area (Å²) in [6.07, 6.45) is 3.91.